The van der Waals surface area contributed by atoms with E-state index < -0.39 is 0 Å². The summed E-state index contributed by atoms with van der Waals surface area (Å²) in [6.07, 6.45) is 2.35. The lowest BCUT2D eigenvalue weighted by Crippen LogP contribution is -2.17. The predicted molar refractivity (Wildman–Crippen MR) is 67.4 cm³/mol. The Morgan fingerprint density at radius 2 is 2.28 bits per heavy atom. The zero-order valence-corrected chi connectivity index (χ0v) is 9.96. The van der Waals surface area contributed by atoms with Gasteiger partial charge < -0.3 is 9.32 Å². The number of hydrogen-bond acceptors (Lipinski definition) is 4. The van der Waals surface area contributed by atoms with Gasteiger partial charge in [-0.1, -0.05) is 0 Å². The van der Waals surface area contributed by atoms with Gasteiger partial charge in [0, 0.05) is 12.6 Å². The minimum atomic E-state index is 0.480. The highest BCUT2D eigenvalue weighted by Gasteiger charge is 2.09. The first-order chi connectivity index (χ1) is 8.74. The molecule has 0 N–H and O–H groups in total. The summed E-state index contributed by atoms with van der Waals surface area (Å²) in [6, 6.07) is 10.8. The lowest BCUT2D eigenvalue weighted by Gasteiger charge is -2.19. The van der Waals surface area contributed by atoms with Crippen molar-refractivity contribution in [3.8, 4) is 6.07 Å². The fraction of sp³-hybridized carbons (Fsp3) is 0.143. The molecule has 0 saturated carbocycles. The largest absolute Gasteiger partial charge is 0.467 e. The van der Waals surface area contributed by atoms with E-state index in [2.05, 4.69) is 6.07 Å². The molecule has 90 valence electrons. The van der Waals surface area contributed by atoms with E-state index in [1.807, 2.05) is 24.1 Å². The average molecular weight is 240 g/mol. The Morgan fingerprint density at radius 1 is 1.44 bits per heavy atom. The molecular formula is C14H12N2O2. The van der Waals surface area contributed by atoms with E-state index in [1.165, 1.54) is 0 Å². The summed E-state index contributed by atoms with van der Waals surface area (Å²) >= 11 is 0. The topological polar surface area (TPSA) is 57.2 Å². The molecule has 0 radical (unpaired) electrons. The lowest BCUT2D eigenvalue weighted by atomic mass is 10.1. The standard InChI is InChI=1S/C14H12N2O2/c1-16(9-13-3-2-6-18-13)14-5-4-11(10-17)7-12(14)8-15/h2-7,10H,9H2,1H3. The van der Waals surface area contributed by atoms with Gasteiger partial charge in [-0.3, -0.25) is 4.79 Å². The van der Waals surface area contributed by atoms with E-state index in [9.17, 15) is 4.79 Å². The molecule has 0 fully saturated rings. The molecule has 4 nitrogen and oxygen atoms in total. The normalized spacial score (nSPS) is 9.78. The zero-order valence-electron chi connectivity index (χ0n) is 9.96. The van der Waals surface area contributed by atoms with Crippen molar-refractivity contribution >= 4 is 12.0 Å². The summed E-state index contributed by atoms with van der Waals surface area (Å²) in [5.74, 6) is 0.820. The van der Waals surface area contributed by atoms with Crippen molar-refractivity contribution in [2.24, 2.45) is 0 Å². The second-order valence-electron chi connectivity index (χ2n) is 3.94. The molecule has 0 atom stereocenters. The summed E-state index contributed by atoms with van der Waals surface area (Å²) in [7, 11) is 1.87. The number of hydrogen-bond donors (Lipinski definition) is 0. The maximum Gasteiger partial charge on any atom is 0.150 e. The molecule has 4 heteroatoms. The first-order valence-electron chi connectivity index (χ1n) is 5.47. The van der Waals surface area contributed by atoms with E-state index in [1.54, 1.807) is 24.5 Å². The molecule has 0 spiro atoms. The molecular weight excluding hydrogens is 228 g/mol. The minimum absolute atomic E-state index is 0.480. The van der Waals surface area contributed by atoms with Gasteiger partial charge >= 0.3 is 0 Å². The Bertz CT molecular complexity index is 582. The monoisotopic (exact) mass is 240 g/mol. The number of aldehydes is 1. The first-order valence-corrected chi connectivity index (χ1v) is 5.47. The van der Waals surface area contributed by atoms with E-state index in [4.69, 9.17) is 9.68 Å². The van der Waals surface area contributed by atoms with E-state index in [-0.39, 0.29) is 0 Å². The van der Waals surface area contributed by atoms with Gasteiger partial charge in [-0.15, -0.1) is 0 Å². The molecule has 0 aliphatic carbocycles. The van der Waals surface area contributed by atoms with Crippen LogP contribution in [0.15, 0.2) is 41.0 Å². The van der Waals surface area contributed by atoms with Crippen LogP contribution in [0.3, 0.4) is 0 Å². The zero-order chi connectivity index (χ0) is 13.0. The fourth-order valence-corrected chi connectivity index (χ4v) is 1.77. The molecule has 0 unspecified atom stereocenters. The number of benzene rings is 1. The van der Waals surface area contributed by atoms with Crippen molar-refractivity contribution in [1.82, 2.24) is 0 Å². The highest BCUT2D eigenvalue weighted by Crippen LogP contribution is 2.21. The van der Waals surface area contributed by atoms with Crippen molar-refractivity contribution in [3.63, 3.8) is 0 Å². The molecule has 18 heavy (non-hydrogen) atoms. The molecule has 0 aliphatic rings. The molecule has 0 amide bonds. The van der Waals surface area contributed by atoms with Crippen LogP contribution in [0.25, 0.3) is 0 Å². The van der Waals surface area contributed by atoms with Crippen molar-refractivity contribution in [3.05, 3.63) is 53.5 Å². The van der Waals surface area contributed by atoms with Crippen LogP contribution >= 0.6 is 0 Å². The third kappa shape index (κ3) is 2.41. The van der Waals surface area contributed by atoms with Gasteiger partial charge in [0.1, 0.15) is 18.1 Å². The number of carbonyl (C=O) groups is 1. The van der Waals surface area contributed by atoms with E-state index in [0.29, 0.717) is 17.7 Å². The number of anilines is 1. The number of rotatable bonds is 4. The molecule has 1 heterocycles. The third-order valence-corrected chi connectivity index (χ3v) is 2.66. The van der Waals surface area contributed by atoms with Gasteiger partial charge in [0.25, 0.3) is 0 Å². The Labute approximate surface area is 105 Å². The van der Waals surface area contributed by atoms with Gasteiger partial charge in [-0.05, 0) is 30.3 Å². The highest BCUT2D eigenvalue weighted by atomic mass is 16.3. The van der Waals surface area contributed by atoms with Crippen molar-refractivity contribution in [2.75, 3.05) is 11.9 Å². The van der Waals surface area contributed by atoms with Crippen molar-refractivity contribution in [1.29, 1.82) is 5.26 Å². The Balaban J connectivity index is 2.27. The van der Waals surface area contributed by atoms with Crippen LogP contribution in [-0.4, -0.2) is 13.3 Å². The van der Waals surface area contributed by atoms with Gasteiger partial charge in [0.05, 0.1) is 24.1 Å². The molecule has 1 aromatic heterocycles. The van der Waals surface area contributed by atoms with Crippen molar-refractivity contribution < 1.29 is 9.21 Å². The van der Waals surface area contributed by atoms with E-state index >= 15 is 0 Å². The quantitative estimate of drug-likeness (QED) is 0.771. The van der Waals surface area contributed by atoms with Gasteiger partial charge in [0.15, 0.2) is 0 Å². The lowest BCUT2D eigenvalue weighted by molar-refractivity contribution is 0.112. The SMILES string of the molecule is CN(Cc1ccco1)c1ccc(C=O)cc1C#N. The molecule has 2 aromatic rings. The summed E-state index contributed by atoms with van der Waals surface area (Å²) in [5.41, 5.74) is 1.76. The fourth-order valence-electron chi connectivity index (χ4n) is 1.77. The third-order valence-electron chi connectivity index (χ3n) is 2.66. The minimum Gasteiger partial charge on any atom is -0.467 e. The maximum atomic E-state index is 10.7. The molecule has 2 rings (SSSR count). The van der Waals surface area contributed by atoms with E-state index in [0.717, 1.165) is 17.7 Å². The first kappa shape index (κ1) is 11.9. The van der Waals surface area contributed by atoms with Crippen LogP contribution in [0.5, 0.6) is 0 Å². The van der Waals surface area contributed by atoms with Crippen LogP contribution in [0.4, 0.5) is 5.69 Å². The molecule has 0 saturated heterocycles. The second kappa shape index (κ2) is 5.19. The Kier molecular flexibility index (Phi) is 3.44. The Morgan fingerprint density at radius 3 is 2.89 bits per heavy atom. The number of nitrogens with zero attached hydrogens (tertiary/aromatic N) is 2. The number of furan rings is 1. The summed E-state index contributed by atoms with van der Waals surface area (Å²) in [5, 5.41) is 9.10. The van der Waals surface area contributed by atoms with Gasteiger partial charge in [0.2, 0.25) is 0 Å². The number of carbonyl (C=O) groups excluding carboxylic acids is 1. The average Bonchev–Trinajstić information content (AvgIpc) is 2.90. The van der Waals surface area contributed by atoms with Crippen LogP contribution in [0.2, 0.25) is 0 Å². The smallest absolute Gasteiger partial charge is 0.150 e. The van der Waals surface area contributed by atoms with Crippen LogP contribution in [-0.2, 0) is 6.54 Å². The van der Waals surface area contributed by atoms with Crippen molar-refractivity contribution in [2.45, 2.75) is 6.54 Å². The second-order valence-corrected chi connectivity index (χ2v) is 3.94. The predicted octanol–water partition coefficient (Wildman–Crippen LogP) is 2.60. The maximum absolute atomic E-state index is 10.7. The molecule has 0 aliphatic heterocycles. The number of nitriles is 1. The van der Waals surface area contributed by atoms with Crippen LogP contribution in [0, 0.1) is 11.3 Å². The summed E-state index contributed by atoms with van der Waals surface area (Å²) < 4.78 is 5.26. The van der Waals surface area contributed by atoms with Crippen LogP contribution in [0.1, 0.15) is 21.7 Å². The molecule has 0 bridgehead atoms. The highest BCUT2D eigenvalue weighted by molar-refractivity contribution is 5.78. The van der Waals surface area contributed by atoms with Gasteiger partial charge in [-0.25, -0.2) is 0 Å². The van der Waals surface area contributed by atoms with Gasteiger partial charge in [-0.2, -0.15) is 5.26 Å². The molecule has 1 aromatic carbocycles. The Hall–Kier alpha value is -2.54. The summed E-state index contributed by atoms with van der Waals surface area (Å²) in [4.78, 5) is 12.6. The van der Waals surface area contributed by atoms with Crippen LogP contribution < -0.4 is 4.90 Å². The summed E-state index contributed by atoms with van der Waals surface area (Å²) in [6.45, 7) is 0.572.